The smallest absolute Gasteiger partial charge is 0.384 e. The van der Waals surface area contributed by atoms with E-state index in [2.05, 4.69) is 5.32 Å². The fraction of sp³-hybridized carbons (Fsp3) is 1.00. The van der Waals surface area contributed by atoms with E-state index < -0.39 is 12.4 Å². The van der Waals surface area contributed by atoms with Crippen LogP contribution >= 0.6 is 18.2 Å². The van der Waals surface area contributed by atoms with Crippen LogP contribution in [0.3, 0.4) is 0 Å². The Kier molecular flexibility index (Phi) is 8.72. The summed E-state index contributed by atoms with van der Waals surface area (Å²) < 4.78 is 28.3. The van der Waals surface area contributed by atoms with Crippen molar-refractivity contribution in [1.82, 2.24) is 5.32 Å². The number of hydrogen-bond acceptors (Lipinski definition) is 6. The van der Waals surface area contributed by atoms with Crippen molar-refractivity contribution >= 4 is 18.2 Å². The Morgan fingerprint density at radius 2 is 2.06 bits per heavy atom. The molecular formula is C10H24NO4PS. The number of nitrogens with one attached hydrogen (secondary N) is 1. The normalized spacial score (nSPS) is 15.8. The SMILES string of the molecule is CCC(C)(C)OP(=O)(OCNC)SCCOC. The second-order valence-electron chi connectivity index (χ2n) is 4.10. The van der Waals surface area contributed by atoms with Crippen molar-refractivity contribution < 1.29 is 18.3 Å². The molecule has 0 aromatic rings. The molecule has 0 aliphatic rings. The molecule has 0 amide bonds. The van der Waals surface area contributed by atoms with Crippen LogP contribution in [0.15, 0.2) is 0 Å². The largest absolute Gasteiger partial charge is 0.390 e. The molecule has 104 valence electrons. The highest BCUT2D eigenvalue weighted by Gasteiger charge is 2.33. The summed E-state index contributed by atoms with van der Waals surface area (Å²) in [6.07, 6.45) is 0.769. The van der Waals surface area contributed by atoms with E-state index in [4.69, 9.17) is 13.8 Å². The lowest BCUT2D eigenvalue weighted by Gasteiger charge is -2.28. The van der Waals surface area contributed by atoms with E-state index >= 15 is 0 Å². The van der Waals surface area contributed by atoms with Gasteiger partial charge < -0.3 is 4.74 Å². The van der Waals surface area contributed by atoms with E-state index in [-0.39, 0.29) is 6.73 Å². The number of hydrogen-bond donors (Lipinski definition) is 1. The summed E-state index contributed by atoms with van der Waals surface area (Å²) in [5.41, 5.74) is -0.455. The highest BCUT2D eigenvalue weighted by Crippen LogP contribution is 2.62. The van der Waals surface area contributed by atoms with Gasteiger partial charge in [0.25, 0.3) is 0 Å². The third-order valence-corrected chi connectivity index (χ3v) is 5.98. The Hall–Kier alpha value is 0.420. The first kappa shape index (κ1) is 17.4. The summed E-state index contributed by atoms with van der Waals surface area (Å²) in [7, 11) is 3.34. The molecule has 0 aromatic heterocycles. The lowest BCUT2D eigenvalue weighted by molar-refractivity contribution is 0.0819. The Morgan fingerprint density at radius 3 is 2.53 bits per heavy atom. The lowest BCUT2D eigenvalue weighted by Crippen LogP contribution is -2.22. The zero-order valence-electron chi connectivity index (χ0n) is 11.3. The maximum Gasteiger partial charge on any atom is 0.390 e. The van der Waals surface area contributed by atoms with E-state index in [1.165, 1.54) is 11.4 Å². The molecule has 0 heterocycles. The molecule has 5 nitrogen and oxygen atoms in total. The van der Waals surface area contributed by atoms with Gasteiger partial charge in [0.15, 0.2) is 0 Å². The molecule has 0 saturated heterocycles. The van der Waals surface area contributed by atoms with Crippen LogP contribution < -0.4 is 5.32 Å². The molecule has 1 unspecified atom stereocenters. The first-order valence-corrected chi connectivity index (χ1v) is 8.76. The first-order valence-electron chi connectivity index (χ1n) is 5.62. The van der Waals surface area contributed by atoms with E-state index in [1.807, 2.05) is 20.8 Å². The van der Waals surface area contributed by atoms with Crippen molar-refractivity contribution in [3.05, 3.63) is 0 Å². The van der Waals surface area contributed by atoms with Crippen molar-refractivity contribution in [3.8, 4) is 0 Å². The molecule has 0 radical (unpaired) electrons. The van der Waals surface area contributed by atoms with E-state index in [0.29, 0.717) is 12.4 Å². The molecule has 0 aliphatic carbocycles. The Bertz CT molecular complexity index is 250. The Balaban J connectivity index is 4.43. The molecule has 0 aromatic carbocycles. The Labute approximate surface area is 108 Å². The van der Waals surface area contributed by atoms with Crippen molar-refractivity contribution in [3.63, 3.8) is 0 Å². The second kappa shape index (κ2) is 8.51. The topological polar surface area (TPSA) is 56.8 Å². The van der Waals surface area contributed by atoms with Crippen LogP contribution in [0.5, 0.6) is 0 Å². The van der Waals surface area contributed by atoms with Gasteiger partial charge in [0.1, 0.15) is 6.73 Å². The zero-order valence-corrected chi connectivity index (χ0v) is 13.0. The van der Waals surface area contributed by atoms with Gasteiger partial charge in [-0.2, -0.15) is 0 Å². The molecule has 7 heteroatoms. The molecule has 0 saturated carbocycles. The summed E-state index contributed by atoms with van der Waals surface area (Å²) >= 11 is 1.18. The van der Waals surface area contributed by atoms with Gasteiger partial charge in [-0.05, 0) is 38.7 Å². The van der Waals surface area contributed by atoms with Gasteiger partial charge in [-0.3, -0.25) is 14.4 Å². The predicted octanol–water partition coefficient (Wildman–Crippen LogP) is 2.87. The first-order chi connectivity index (χ1) is 7.89. The van der Waals surface area contributed by atoms with Crippen LogP contribution in [0.1, 0.15) is 27.2 Å². The second-order valence-corrected chi connectivity index (χ2v) is 8.22. The van der Waals surface area contributed by atoms with Crippen molar-refractivity contribution in [2.24, 2.45) is 0 Å². The van der Waals surface area contributed by atoms with E-state index in [9.17, 15) is 4.57 Å². The minimum atomic E-state index is -3.13. The van der Waals surface area contributed by atoms with Crippen molar-refractivity contribution in [2.75, 3.05) is 33.2 Å². The maximum atomic E-state index is 12.4. The van der Waals surface area contributed by atoms with Crippen LogP contribution in [-0.4, -0.2) is 38.8 Å². The minimum Gasteiger partial charge on any atom is -0.384 e. The molecule has 0 spiro atoms. The van der Waals surface area contributed by atoms with Gasteiger partial charge in [0.05, 0.1) is 12.2 Å². The van der Waals surface area contributed by atoms with E-state index in [1.54, 1.807) is 14.2 Å². The average molecular weight is 285 g/mol. The minimum absolute atomic E-state index is 0.205. The number of ether oxygens (including phenoxy) is 1. The third-order valence-electron chi connectivity index (χ3n) is 2.11. The zero-order chi connectivity index (χ0) is 13.4. The standard InChI is InChI=1S/C10H24NO4PS/c1-6-10(2,3)15-16(12,14-9-11-4)17-8-7-13-5/h11H,6-9H2,1-5H3. The van der Waals surface area contributed by atoms with Gasteiger partial charge in [0, 0.05) is 12.9 Å². The molecular weight excluding hydrogens is 261 g/mol. The van der Waals surface area contributed by atoms with Crippen molar-refractivity contribution in [1.29, 1.82) is 0 Å². The van der Waals surface area contributed by atoms with Gasteiger partial charge in [-0.25, -0.2) is 4.57 Å². The van der Waals surface area contributed by atoms with Crippen molar-refractivity contribution in [2.45, 2.75) is 32.8 Å². The number of methoxy groups -OCH3 is 1. The lowest BCUT2D eigenvalue weighted by atomic mass is 10.1. The third kappa shape index (κ3) is 8.19. The van der Waals surface area contributed by atoms with Crippen LogP contribution in [-0.2, 0) is 18.3 Å². The van der Waals surface area contributed by atoms with Gasteiger partial charge >= 0.3 is 6.80 Å². The summed E-state index contributed by atoms with van der Waals surface area (Å²) in [5, 5.41) is 2.80. The molecule has 0 bridgehead atoms. The molecule has 0 fully saturated rings. The fourth-order valence-corrected chi connectivity index (χ4v) is 4.54. The average Bonchev–Trinajstić information content (AvgIpc) is 2.26. The van der Waals surface area contributed by atoms with Gasteiger partial charge in [0.2, 0.25) is 0 Å². The summed E-state index contributed by atoms with van der Waals surface area (Å²) in [6.45, 7) is 3.39. The van der Waals surface area contributed by atoms with Crippen LogP contribution in [0.2, 0.25) is 0 Å². The fourth-order valence-electron chi connectivity index (χ4n) is 0.833. The highest BCUT2D eigenvalue weighted by molar-refractivity contribution is 8.55. The quantitative estimate of drug-likeness (QED) is 0.378. The van der Waals surface area contributed by atoms with Crippen LogP contribution in [0.4, 0.5) is 0 Å². The summed E-state index contributed by atoms with van der Waals surface area (Å²) in [6, 6.07) is 0. The molecule has 0 rings (SSSR count). The summed E-state index contributed by atoms with van der Waals surface area (Å²) in [4.78, 5) is 0. The van der Waals surface area contributed by atoms with Crippen LogP contribution in [0.25, 0.3) is 0 Å². The van der Waals surface area contributed by atoms with Gasteiger partial charge in [-0.1, -0.05) is 6.92 Å². The van der Waals surface area contributed by atoms with Gasteiger partial charge in [-0.15, -0.1) is 0 Å². The molecule has 1 atom stereocenters. The molecule has 1 N–H and O–H groups in total. The highest BCUT2D eigenvalue weighted by atomic mass is 32.7. The van der Waals surface area contributed by atoms with E-state index in [0.717, 1.165) is 6.42 Å². The molecule has 0 aliphatic heterocycles. The summed E-state index contributed by atoms with van der Waals surface area (Å²) in [5.74, 6) is 0.581. The maximum absolute atomic E-state index is 12.4. The van der Waals surface area contributed by atoms with Crippen LogP contribution in [0, 0.1) is 0 Å². The number of rotatable bonds is 10. The predicted molar refractivity (Wildman–Crippen MR) is 72.4 cm³/mol. The monoisotopic (exact) mass is 285 g/mol. The Morgan fingerprint density at radius 1 is 1.41 bits per heavy atom. The molecule has 17 heavy (non-hydrogen) atoms.